The largest absolute Gasteiger partial charge is 0.347 e. The molecule has 168 valence electrons. The summed E-state index contributed by atoms with van der Waals surface area (Å²) < 4.78 is 6.41. The number of aldehydes is 2. The standard InChI is InChI=1S/2C12H11ClINO/c2*13-10-3-1-4-11-12(10)9(8-16)7-15(11)6-2-5-14/h2*1,3-4,7-8H,2,5-6H2. The molecule has 4 aromatic rings. The van der Waals surface area contributed by atoms with Crippen molar-refractivity contribution in [3.05, 3.63) is 70.0 Å². The number of aromatic nitrogens is 2. The van der Waals surface area contributed by atoms with Crippen molar-refractivity contribution < 1.29 is 9.59 Å². The molecule has 4 rings (SSSR count). The average Bonchev–Trinajstić information content (AvgIpc) is 3.36. The van der Waals surface area contributed by atoms with E-state index in [1.165, 1.54) is 0 Å². The number of benzene rings is 2. The predicted molar refractivity (Wildman–Crippen MR) is 152 cm³/mol. The van der Waals surface area contributed by atoms with E-state index < -0.39 is 0 Å². The summed E-state index contributed by atoms with van der Waals surface area (Å²) in [6.45, 7) is 1.85. The van der Waals surface area contributed by atoms with Crippen LogP contribution in [0.5, 0.6) is 0 Å². The second-order valence-corrected chi connectivity index (χ2v) is 10.1. The molecule has 0 saturated heterocycles. The molecule has 0 fully saturated rings. The zero-order valence-electron chi connectivity index (χ0n) is 17.2. The van der Waals surface area contributed by atoms with Crippen LogP contribution in [0.15, 0.2) is 48.8 Å². The Balaban J connectivity index is 0.000000181. The van der Waals surface area contributed by atoms with Crippen LogP contribution in [0.3, 0.4) is 0 Å². The van der Waals surface area contributed by atoms with Crippen molar-refractivity contribution in [2.75, 3.05) is 8.86 Å². The molecule has 0 bridgehead atoms. The molecular formula is C24H22Cl2I2N2O2. The van der Waals surface area contributed by atoms with Crippen LogP contribution in [0.2, 0.25) is 10.0 Å². The van der Waals surface area contributed by atoms with E-state index in [0.29, 0.717) is 21.2 Å². The number of hydrogen-bond acceptors (Lipinski definition) is 2. The van der Waals surface area contributed by atoms with E-state index in [1.807, 2.05) is 48.8 Å². The Hall–Kier alpha value is -1.10. The number of nitrogens with zero attached hydrogens (tertiary/aromatic N) is 2. The second-order valence-electron chi connectivity index (χ2n) is 7.14. The number of alkyl halides is 2. The number of fused-ring (bicyclic) bond motifs is 2. The Bertz CT molecular complexity index is 1140. The van der Waals surface area contributed by atoms with Crippen LogP contribution in [0.4, 0.5) is 0 Å². The third-order valence-corrected chi connectivity index (χ3v) is 7.24. The molecule has 32 heavy (non-hydrogen) atoms. The molecule has 0 amide bonds. The van der Waals surface area contributed by atoms with Gasteiger partial charge in [-0.25, -0.2) is 0 Å². The maximum Gasteiger partial charge on any atom is 0.152 e. The number of halogens is 4. The molecule has 4 nitrogen and oxygen atoms in total. The van der Waals surface area contributed by atoms with Gasteiger partial charge in [0.25, 0.3) is 0 Å². The molecular weight excluding hydrogens is 673 g/mol. The lowest BCUT2D eigenvalue weighted by Gasteiger charge is -2.03. The van der Waals surface area contributed by atoms with Gasteiger partial charge in [-0.1, -0.05) is 80.5 Å². The van der Waals surface area contributed by atoms with E-state index in [0.717, 1.165) is 69.2 Å². The predicted octanol–water partition coefficient (Wildman–Crippen LogP) is 7.86. The van der Waals surface area contributed by atoms with E-state index in [4.69, 9.17) is 23.2 Å². The fraction of sp³-hybridized carbons (Fsp3) is 0.250. The topological polar surface area (TPSA) is 44.0 Å². The third-order valence-electron chi connectivity index (χ3n) is 5.09. The van der Waals surface area contributed by atoms with Crippen LogP contribution in [0, 0.1) is 0 Å². The number of carbonyl (C=O) groups is 2. The van der Waals surface area contributed by atoms with Gasteiger partial charge in [0.1, 0.15) is 0 Å². The first kappa shape index (κ1) is 25.5. The molecule has 0 aliphatic heterocycles. The molecule has 2 aromatic carbocycles. The molecule has 0 unspecified atom stereocenters. The minimum absolute atomic E-state index is 0.646. The van der Waals surface area contributed by atoms with Crippen molar-refractivity contribution in [3.8, 4) is 0 Å². The zero-order chi connectivity index (χ0) is 23.1. The number of carbonyl (C=O) groups excluding carboxylic acids is 2. The molecule has 0 aliphatic carbocycles. The van der Waals surface area contributed by atoms with Crippen LogP contribution in [-0.2, 0) is 13.1 Å². The van der Waals surface area contributed by atoms with Gasteiger partial charge in [-0.15, -0.1) is 0 Å². The van der Waals surface area contributed by atoms with Gasteiger partial charge in [0, 0.05) is 56.2 Å². The second kappa shape index (κ2) is 12.4. The van der Waals surface area contributed by atoms with Gasteiger partial charge >= 0.3 is 0 Å². The Morgan fingerprint density at radius 1 is 0.719 bits per heavy atom. The van der Waals surface area contributed by atoms with Crippen LogP contribution in [-0.4, -0.2) is 30.6 Å². The van der Waals surface area contributed by atoms with Gasteiger partial charge in [-0.2, -0.15) is 0 Å². The first-order chi connectivity index (χ1) is 15.5. The van der Waals surface area contributed by atoms with Crippen molar-refractivity contribution in [2.45, 2.75) is 25.9 Å². The highest BCUT2D eigenvalue weighted by Crippen LogP contribution is 2.29. The first-order valence-electron chi connectivity index (χ1n) is 10.1. The summed E-state index contributed by atoms with van der Waals surface area (Å²) in [7, 11) is 0. The Labute approximate surface area is 224 Å². The van der Waals surface area contributed by atoms with Crippen molar-refractivity contribution in [3.63, 3.8) is 0 Å². The lowest BCUT2D eigenvalue weighted by atomic mass is 10.2. The number of rotatable bonds is 8. The van der Waals surface area contributed by atoms with Crippen molar-refractivity contribution in [1.29, 1.82) is 0 Å². The fourth-order valence-electron chi connectivity index (χ4n) is 3.69. The van der Waals surface area contributed by atoms with Gasteiger partial charge in [0.2, 0.25) is 0 Å². The van der Waals surface area contributed by atoms with E-state index in [9.17, 15) is 9.59 Å². The van der Waals surface area contributed by atoms with Gasteiger partial charge in [-0.05, 0) is 37.1 Å². The van der Waals surface area contributed by atoms with Crippen molar-refractivity contribution >= 4 is 103 Å². The third kappa shape index (κ3) is 5.69. The van der Waals surface area contributed by atoms with E-state index >= 15 is 0 Å². The maximum absolute atomic E-state index is 11.0. The number of hydrogen-bond donors (Lipinski definition) is 0. The van der Waals surface area contributed by atoms with Gasteiger partial charge < -0.3 is 9.13 Å². The highest BCUT2D eigenvalue weighted by atomic mass is 127. The molecule has 0 N–H and O–H groups in total. The summed E-state index contributed by atoms with van der Waals surface area (Å²) in [6, 6.07) is 11.5. The minimum Gasteiger partial charge on any atom is -0.347 e. The first-order valence-corrected chi connectivity index (χ1v) is 13.9. The van der Waals surface area contributed by atoms with Gasteiger partial charge in [0.15, 0.2) is 12.6 Å². The minimum atomic E-state index is 0.646. The van der Waals surface area contributed by atoms with Crippen molar-refractivity contribution in [1.82, 2.24) is 9.13 Å². The van der Waals surface area contributed by atoms with Crippen LogP contribution >= 0.6 is 68.4 Å². The molecule has 0 saturated carbocycles. The molecule has 0 aliphatic rings. The average molecular weight is 695 g/mol. The zero-order valence-corrected chi connectivity index (χ0v) is 23.1. The molecule has 0 spiro atoms. The molecule has 0 radical (unpaired) electrons. The Kier molecular flexibility index (Phi) is 9.88. The molecule has 2 aromatic heterocycles. The summed E-state index contributed by atoms with van der Waals surface area (Å²) >= 11 is 16.9. The summed E-state index contributed by atoms with van der Waals surface area (Å²) in [5.41, 5.74) is 3.43. The lowest BCUT2D eigenvalue weighted by molar-refractivity contribution is 0.111. The molecule has 8 heteroatoms. The van der Waals surface area contributed by atoms with Crippen LogP contribution in [0.1, 0.15) is 33.6 Å². The molecule has 2 heterocycles. The molecule has 0 atom stereocenters. The fourth-order valence-corrected chi connectivity index (χ4v) is 4.93. The summed E-state index contributed by atoms with van der Waals surface area (Å²) in [4.78, 5) is 22.0. The Morgan fingerprint density at radius 2 is 1.12 bits per heavy atom. The normalized spacial score (nSPS) is 10.9. The Morgan fingerprint density at radius 3 is 1.47 bits per heavy atom. The van der Waals surface area contributed by atoms with E-state index in [1.54, 1.807) is 0 Å². The maximum atomic E-state index is 11.0. The monoisotopic (exact) mass is 694 g/mol. The van der Waals surface area contributed by atoms with Gasteiger partial charge in [0.05, 0.1) is 21.1 Å². The summed E-state index contributed by atoms with van der Waals surface area (Å²) in [6.07, 6.45) is 7.69. The number of aryl methyl sites for hydroxylation is 2. The lowest BCUT2D eigenvalue weighted by Crippen LogP contribution is -1.96. The van der Waals surface area contributed by atoms with Crippen LogP contribution < -0.4 is 0 Å². The quantitative estimate of drug-likeness (QED) is 0.107. The van der Waals surface area contributed by atoms with E-state index in [-0.39, 0.29) is 0 Å². The van der Waals surface area contributed by atoms with E-state index in [2.05, 4.69) is 54.3 Å². The highest BCUT2D eigenvalue weighted by Gasteiger charge is 2.11. The summed E-state index contributed by atoms with van der Waals surface area (Å²) in [5, 5.41) is 3.03. The smallest absolute Gasteiger partial charge is 0.152 e. The van der Waals surface area contributed by atoms with Crippen LogP contribution in [0.25, 0.3) is 21.8 Å². The van der Waals surface area contributed by atoms with Crippen molar-refractivity contribution in [2.24, 2.45) is 0 Å². The SMILES string of the molecule is O=Cc1cn(CCCI)c2cccc(Cl)c12.O=Cc1cn(CCCI)c2cccc(Cl)c12. The summed E-state index contributed by atoms with van der Waals surface area (Å²) in [5.74, 6) is 0. The highest BCUT2D eigenvalue weighted by molar-refractivity contribution is 14.1. The van der Waals surface area contributed by atoms with Gasteiger partial charge in [-0.3, -0.25) is 9.59 Å².